The van der Waals surface area contributed by atoms with E-state index in [2.05, 4.69) is 17.9 Å². The summed E-state index contributed by atoms with van der Waals surface area (Å²) in [5.74, 6) is 6.23. The van der Waals surface area contributed by atoms with E-state index in [4.69, 9.17) is 15.1 Å². The van der Waals surface area contributed by atoms with Crippen LogP contribution in [0, 0.1) is 30.1 Å². The van der Waals surface area contributed by atoms with Gasteiger partial charge in [0.2, 0.25) is 0 Å². The topological polar surface area (TPSA) is 53.2 Å². The molecule has 2 aromatic rings. The Kier molecular flexibility index (Phi) is 4.99. The summed E-state index contributed by atoms with van der Waals surface area (Å²) in [6.45, 7) is 2.14. The molecular weight excluding hydrogens is 262 g/mol. The Morgan fingerprint density at radius 3 is 2.71 bits per heavy atom. The minimum absolute atomic E-state index is 0.151. The fraction of sp³-hybridized carbons (Fsp3) is 0.167. The van der Waals surface area contributed by atoms with Crippen LogP contribution in [0.4, 0.5) is 0 Å². The lowest BCUT2D eigenvalue weighted by Gasteiger charge is -2.10. The van der Waals surface area contributed by atoms with Gasteiger partial charge >= 0.3 is 0 Å². The molecule has 0 spiro atoms. The molecule has 0 unspecified atom stereocenters. The van der Waals surface area contributed by atoms with Crippen molar-refractivity contribution in [3.05, 3.63) is 64.7 Å². The maximum absolute atomic E-state index is 9.05. The van der Waals surface area contributed by atoms with Crippen LogP contribution in [0.1, 0.15) is 22.3 Å². The third-order valence-corrected chi connectivity index (χ3v) is 3.01. The number of nitriles is 1. The van der Waals surface area contributed by atoms with E-state index >= 15 is 0 Å². The Morgan fingerprint density at radius 1 is 1.19 bits per heavy atom. The predicted molar refractivity (Wildman–Crippen MR) is 80.6 cm³/mol. The summed E-state index contributed by atoms with van der Waals surface area (Å²) < 4.78 is 5.78. The molecule has 0 aliphatic heterocycles. The van der Waals surface area contributed by atoms with E-state index in [0.717, 1.165) is 22.4 Å². The Bertz CT molecular complexity index is 733. The number of benzene rings is 2. The van der Waals surface area contributed by atoms with Gasteiger partial charge in [0, 0.05) is 11.1 Å². The number of ether oxygens (including phenoxy) is 1. The van der Waals surface area contributed by atoms with Crippen LogP contribution in [0.15, 0.2) is 42.5 Å². The van der Waals surface area contributed by atoms with E-state index in [1.807, 2.05) is 43.3 Å². The van der Waals surface area contributed by atoms with Crippen molar-refractivity contribution in [3.63, 3.8) is 0 Å². The molecule has 0 saturated carbocycles. The van der Waals surface area contributed by atoms with E-state index in [-0.39, 0.29) is 6.61 Å². The minimum Gasteiger partial charge on any atom is -0.489 e. The van der Waals surface area contributed by atoms with Crippen molar-refractivity contribution >= 4 is 0 Å². The molecule has 1 N–H and O–H groups in total. The average molecular weight is 277 g/mol. The van der Waals surface area contributed by atoms with Crippen LogP contribution in [0.3, 0.4) is 0 Å². The monoisotopic (exact) mass is 277 g/mol. The molecule has 0 saturated heterocycles. The van der Waals surface area contributed by atoms with Crippen molar-refractivity contribution in [1.29, 1.82) is 5.26 Å². The first-order valence-corrected chi connectivity index (χ1v) is 6.56. The van der Waals surface area contributed by atoms with E-state index in [9.17, 15) is 0 Å². The average Bonchev–Trinajstić information content (AvgIpc) is 2.52. The minimum atomic E-state index is -0.151. The van der Waals surface area contributed by atoms with Crippen molar-refractivity contribution in [3.8, 4) is 23.7 Å². The highest BCUT2D eigenvalue weighted by molar-refractivity contribution is 5.44. The largest absolute Gasteiger partial charge is 0.489 e. The van der Waals surface area contributed by atoms with E-state index < -0.39 is 0 Å². The van der Waals surface area contributed by atoms with E-state index in [1.165, 1.54) is 0 Å². The van der Waals surface area contributed by atoms with Crippen LogP contribution < -0.4 is 4.74 Å². The summed E-state index contributed by atoms with van der Waals surface area (Å²) in [4.78, 5) is 0. The molecule has 0 heterocycles. The molecule has 0 amide bonds. The van der Waals surface area contributed by atoms with Crippen LogP contribution in [-0.4, -0.2) is 11.7 Å². The first-order chi connectivity index (χ1) is 10.2. The molecule has 3 heteroatoms. The summed E-state index contributed by atoms with van der Waals surface area (Å²) in [5, 5.41) is 17.7. The number of nitrogens with zero attached hydrogens (tertiary/aromatic N) is 1. The Morgan fingerprint density at radius 2 is 2.00 bits per heavy atom. The SMILES string of the molecule is Cc1cc(C#CCO)ccc1OCc1ccccc1C#N. The Balaban J connectivity index is 2.12. The molecule has 0 aliphatic carbocycles. The fourth-order valence-electron chi connectivity index (χ4n) is 1.94. The van der Waals surface area contributed by atoms with Crippen molar-refractivity contribution in [1.82, 2.24) is 0 Å². The van der Waals surface area contributed by atoms with Crippen LogP contribution in [0.25, 0.3) is 0 Å². The van der Waals surface area contributed by atoms with Gasteiger partial charge in [0.15, 0.2) is 0 Å². The molecule has 3 nitrogen and oxygen atoms in total. The molecule has 0 aliphatic rings. The van der Waals surface area contributed by atoms with Gasteiger partial charge < -0.3 is 9.84 Å². The summed E-state index contributed by atoms with van der Waals surface area (Å²) in [7, 11) is 0. The number of hydrogen-bond acceptors (Lipinski definition) is 3. The highest BCUT2D eigenvalue weighted by Gasteiger charge is 2.04. The lowest BCUT2D eigenvalue weighted by molar-refractivity contribution is 0.304. The molecule has 21 heavy (non-hydrogen) atoms. The molecule has 2 rings (SSSR count). The van der Waals surface area contributed by atoms with Gasteiger partial charge in [-0.3, -0.25) is 0 Å². The predicted octanol–water partition coefficient (Wildman–Crippen LogP) is 2.79. The Hall–Kier alpha value is -2.75. The highest BCUT2D eigenvalue weighted by atomic mass is 16.5. The molecule has 0 fully saturated rings. The van der Waals surface area contributed by atoms with E-state index in [1.54, 1.807) is 6.07 Å². The second-order valence-corrected chi connectivity index (χ2v) is 4.50. The third kappa shape index (κ3) is 3.86. The first kappa shape index (κ1) is 14.7. The smallest absolute Gasteiger partial charge is 0.122 e. The summed E-state index contributed by atoms with van der Waals surface area (Å²) in [5.41, 5.74) is 3.30. The van der Waals surface area contributed by atoms with Crippen LogP contribution in [-0.2, 0) is 6.61 Å². The van der Waals surface area contributed by atoms with Gasteiger partial charge in [-0.25, -0.2) is 0 Å². The van der Waals surface area contributed by atoms with Crippen molar-refractivity contribution in [2.24, 2.45) is 0 Å². The lowest BCUT2D eigenvalue weighted by atomic mass is 10.1. The van der Waals surface area contributed by atoms with Crippen LogP contribution >= 0.6 is 0 Å². The number of rotatable bonds is 3. The zero-order valence-corrected chi connectivity index (χ0v) is 11.8. The molecule has 0 radical (unpaired) electrons. The van der Waals surface area contributed by atoms with Crippen LogP contribution in [0.5, 0.6) is 5.75 Å². The molecule has 2 aromatic carbocycles. The quantitative estimate of drug-likeness (QED) is 0.878. The van der Waals surface area contributed by atoms with Crippen LogP contribution in [0.2, 0.25) is 0 Å². The normalized spacial score (nSPS) is 9.38. The highest BCUT2D eigenvalue weighted by Crippen LogP contribution is 2.20. The van der Waals surface area contributed by atoms with Gasteiger partial charge in [-0.15, -0.1) is 0 Å². The number of aryl methyl sites for hydroxylation is 1. The zero-order chi connectivity index (χ0) is 15.1. The number of aliphatic hydroxyl groups excluding tert-OH is 1. The van der Waals surface area contributed by atoms with Gasteiger partial charge in [0.05, 0.1) is 11.6 Å². The lowest BCUT2D eigenvalue weighted by Crippen LogP contribution is -1.99. The van der Waals surface area contributed by atoms with Gasteiger partial charge in [0.1, 0.15) is 19.0 Å². The maximum Gasteiger partial charge on any atom is 0.122 e. The van der Waals surface area contributed by atoms with E-state index in [0.29, 0.717) is 12.2 Å². The summed E-state index contributed by atoms with van der Waals surface area (Å²) in [6, 6.07) is 15.2. The summed E-state index contributed by atoms with van der Waals surface area (Å²) in [6.07, 6.45) is 0. The molecule has 0 aromatic heterocycles. The first-order valence-electron chi connectivity index (χ1n) is 6.56. The standard InChI is InChI=1S/C18H15NO2/c1-14-11-15(5-4-10-20)8-9-18(14)21-13-17-7-3-2-6-16(17)12-19/h2-3,6-9,11,20H,10,13H2,1H3. The van der Waals surface area contributed by atoms with Crippen molar-refractivity contribution in [2.45, 2.75) is 13.5 Å². The number of hydrogen-bond donors (Lipinski definition) is 1. The number of aliphatic hydroxyl groups is 1. The third-order valence-electron chi connectivity index (χ3n) is 3.01. The second-order valence-electron chi connectivity index (χ2n) is 4.50. The van der Waals surface area contributed by atoms with Gasteiger partial charge in [-0.1, -0.05) is 30.0 Å². The second kappa shape index (κ2) is 7.14. The maximum atomic E-state index is 9.05. The van der Waals surface area contributed by atoms with Crippen molar-refractivity contribution in [2.75, 3.05) is 6.61 Å². The molecule has 0 bridgehead atoms. The van der Waals surface area contributed by atoms with Gasteiger partial charge in [-0.05, 0) is 36.8 Å². The van der Waals surface area contributed by atoms with Gasteiger partial charge in [-0.2, -0.15) is 5.26 Å². The molecule has 104 valence electrons. The summed E-state index contributed by atoms with van der Waals surface area (Å²) >= 11 is 0. The fourth-order valence-corrected chi connectivity index (χ4v) is 1.94. The van der Waals surface area contributed by atoms with Gasteiger partial charge in [0.25, 0.3) is 0 Å². The zero-order valence-electron chi connectivity index (χ0n) is 11.8. The Labute approximate surface area is 124 Å². The molecule has 0 atom stereocenters. The molecular formula is C18H15NO2. The van der Waals surface area contributed by atoms with Crippen molar-refractivity contribution < 1.29 is 9.84 Å².